The summed E-state index contributed by atoms with van der Waals surface area (Å²) in [7, 11) is 0. The first-order valence-electron chi connectivity index (χ1n) is 16.1. The number of carbonyl (C=O) groups excluding carboxylic acids is 1. The van der Waals surface area contributed by atoms with Crippen LogP contribution in [0.3, 0.4) is 0 Å². The van der Waals surface area contributed by atoms with Crippen molar-refractivity contribution in [3.05, 3.63) is 108 Å². The third kappa shape index (κ3) is 5.18. The first kappa shape index (κ1) is 31.1. The first-order valence-corrected chi connectivity index (χ1v) is 17.0. The predicted octanol–water partition coefficient (Wildman–Crippen LogP) is 9.17. The molecule has 1 aromatic heterocycles. The second kappa shape index (κ2) is 12.5. The average Bonchev–Trinajstić information content (AvgIpc) is 3.56. The maximum Gasteiger partial charge on any atom is 0.210 e. The van der Waals surface area contributed by atoms with Gasteiger partial charge in [-0.1, -0.05) is 68.5 Å². The third-order valence-corrected chi connectivity index (χ3v) is 10.2. The Hall–Kier alpha value is -3.87. The molecular weight excluding hydrogens is 575 g/mol. The summed E-state index contributed by atoms with van der Waals surface area (Å²) in [6.07, 6.45) is 13.3. The SMILES string of the molecule is CCn1c2ccccc2c2c3c(ccc21)[N+](CCCSO)=C(/C=C/C=C/C=C1/N(CCC=O)c2ccccc2C1(C)C)C3(C)C. The Morgan fingerprint density at radius 1 is 0.911 bits per heavy atom. The van der Waals surface area contributed by atoms with Gasteiger partial charge in [-0.05, 0) is 62.7 Å². The van der Waals surface area contributed by atoms with Crippen LogP contribution in [0.2, 0.25) is 0 Å². The molecule has 0 amide bonds. The zero-order valence-corrected chi connectivity index (χ0v) is 27.9. The Morgan fingerprint density at radius 3 is 2.47 bits per heavy atom. The van der Waals surface area contributed by atoms with E-state index in [1.54, 1.807) is 0 Å². The summed E-state index contributed by atoms with van der Waals surface area (Å²) in [6.45, 7) is 13.9. The average molecular weight is 619 g/mol. The highest BCUT2D eigenvalue weighted by atomic mass is 32.2. The van der Waals surface area contributed by atoms with E-state index < -0.39 is 0 Å². The van der Waals surface area contributed by atoms with Gasteiger partial charge in [0.25, 0.3) is 0 Å². The molecule has 5 nitrogen and oxygen atoms in total. The van der Waals surface area contributed by atoms with Gasteiger partial charge in [-0.25, -0.2) is 0 Å². The third-order valence-electron chi connectivity index (χ3n) is 9.70. The van der Waals surface area contributed by atoms with Gasteiger partial charge in [-0.15, -0.1) is 0 Å². The van der Waals surface area contributed by atoms with Crippen molar-refractivity contribution in [1.82, 2.24) is 4.57 Å². The zero-order valence-electron chi connectivity index (χ0n) is 27.1. The molecule has 3 heterocycles. The maximum absolute atomic E-state index is 11.3. The van der Waals surface area contributed by atoms with Crippen LogP contribution in [-0.4, -0.2) is 44.5 Å². The first-order chi connectivity index (χ1) is 21.8. The van der Waals surface area contributed by atoms with Crippen LogP contribution in [0.25, 0.3) is 21.8 Å². The highest BCUT2D eigenvalue weighted by Gasteiger charge is 2.46. The van der Waals surface area contributed by atoms with E-state index in [9.17, 15) is 9.35 Å². The Labute approximate surface area is 271 Å². The Kier molecular flexibility index (Phi) is 8.64. The maximum atomic E-state index is 11.3. The van der Waals surface area contributed by atoms with E-state index in [4.69, 9.17) is 0 Å². The van der Waals surface area contributed by atoms with Crippen LogP contribution < -0.4 is 4.90 Å². The highest BCUT2D eigenvalue weighted by Crippen LogP contribution is 2.48. The Bertz CT molecular complexity index is 1890. The number of allylic oxidation sites excluding steroid dienone is 6. The summed E-state index contributed by atoms with van der Waals surface area (Å²) in [5.74, 6) is 0.701. The van der Waals surface area contributed by atoms with Gasteiger partial charge in [0.1, 0.15) is 12.8 Å². The van der Waals surface area contributed by atoms with Crippen molar-refractivity contribution in [2.75, 3.05) is 23.7 Å². The molecule has 1 N–H and O–H groups in total. The number of carbonyl (C=O) groups is 1. The normalized spacial score (nSPS) is 17.9. The molecule has 0 spiro atoms. The van der Waals surface area contributed by atoms with Gasteiger partial charge in [0.05, 0.1) is 5.41 Å². The molecule has 6 heteroatoms. The minimum atomic E-state index is -0.215. The summed E-state index contributed by atoms with van der Waals surface area (Å²) in [5.41, 5.74) is 9.78. The molecule has 0 aliphatic carbocycles. The number of fused-ring (bicyclic) bond motifs is 6. The van der Waals surface area contributed by atoms with Crippen molar-refractivity contribution in [2.24, 2.45) is 0 Å². The fourth-order valence-corrected chi connectivity index (χ4v) is 7.93. The summed E-state index contributed by atoms with van der Waals surface area (Å²) in [5, 5.41) is 2.65. The van der Waals surface area contributed by atoms with E-state index in [0.29, 0.717) is 18.7 Å². The van der Waals surface area contributed by atoms with Crippen molar-refractivity contribution in [3.63, 3.8) is 0 Å². The molecule has 0 bridgehead atoms. The number of aldehydes is 1. The zero-order chi connectivity index (χ0) is 31.8. The van der Waals surface area contributed by atoms with Crippen molar-refractivity contribution >= 4 is 57.2 Å². The largest absolute Gasteiger partial charge is 0.344 e. The van der Waals surface area contributed by atoms with Crippen molar-refractivity contribution in [3.8, 4) is 0 Å². The number of benzene rings is 3. The second-order valence-corrected chi connectivity index (χ2v) is 13.7. The van der Waals surface area contributed by atoms with Gasteiger partial charge in [-0.3, -0.25) is 0 Å². The van der Waals surface area contributed by atoms with Gasteiger partial charge < -0.3 is 18.8 Å². The van der Waals surface area contributed by atoms with E-state index in [1.807, 2.05) is 0 Å². The summed E-state index contributed by atoms with van der Waals surface area (Å²) < 4.78 is 14.4. The van der Waals surface area contributed by atoms with Crippen LogP contribution in [0, 0.1) is 0 Å². The van der Waals surface area contributed by atoms with Crippen molar-refractivity contribution in [1.29, 1.82) is 0 Å². The molecule has 0 saturated heterocycles. The molecule has 4 aromatic rings. The Balaban J connectivity index is 1.38. The minimum Gasteiger partial charge on any atom is -0.344 e. The van der Waals surface area contributed by atoms with E-state index >= 15 is 0 Å². The summed E-state index contributed by atoms with van der Waals surface area (Å²) in [4.78, 5) is 13.6. The molecule has 0 saturated carbocycles. The van der Waals surface area contributed by atoms with Gasteiger partial charge in [-0.2, -0.15) is 4.58 Å². The molecule has 6 rings (SSSR count). The molecule has 232 valence electrons. The smallest absolute Gasteiger partial charge is 0.210 e. The standard InChI is InChI=1S/C39H43N3O2S/c1-6-40-30-18-12-10-16-28(30)36-32(40)22-23-33-37(36)39(4,5)35(42(33)25-15-27-45-44)21-9-7-8-20-34-38(2,3)29-17-11-13-19-31(29)41(34)24-14-26-43/h7-13,16-23,26H,6,14-15,24-25,27H2,1-5H3/p+1. The van der Waals surface area contributed by atoms with Crippen LogP contribution in [0.15, 0.2) is 96.7 Å². The highest BCUT2D eigenvalue weighted by molar-refractivity contribution is 7.93. The predicted molar refractivity (Wildman–Crippen MR) is 192 cm³/mol. The molecular formula is C39H44N3O2S+. The molecule has 0 radical (unpaired) electrons. The fourth-order valence-electron chi connectivity index (χ4n) is 7.67. The van der Waals surface area contributed by atoms with Gasteiger partial charge in [0.2, 0.25) is 5.69 Å². The van der Waals surface area contributed by atoms with Crippen LogP contribution in [0.4, 0.5) is 11.4 Å². The molecule has 0 fully saturated rings. The number of aromatic nitrogens is 1. The monoisotopic (exact) mass is 618 g/mol. The molecule has 0 atom stereocenters. The molecule has 0 unspecified atom stereocenters. The number of hydrogen-bond donors (Lipinski definition) is 1. The summed E-state index contributed by atoms with van der Waals surface area (Å²) >= 11 is 0.917. The van der Waals surface area contributed by atoms with E-state index in [0.717, 1.165) is 37.8 Å². The quantitative estimate of drug-likeness (QED) is 0.0599. The molecule has 2 aliphatic rings. The second-order valence-electron chi connectivity index (χ2n) is 13.0. The lowest BCUT2D eigenvalue weighted by Crippen LogP contribution is -2.28. The van der Waals surface area contributed by atoms with Crippen molar-refractivity contribution < 1.29 is 13.9 Å². The number of aryl methyl sites for hydroxylation is 1. The van der Waals surface area contributed by atoms with Gasteiger partial charge in [0, 0.05) is 88.0 Å². The lowest BCUT2D eigenvalue weighted by molar-refractivity contribution is -0.437. The van der Waals surface area contributed by atoms with E-state index in [1.165, 1.54) is 55.7 Å². The van der Waals surface area contributed by atoms with E-state index in [-0.39, 0.29) is 10.8 Å². The van der Waals surface area contributed by atoms with Crippen LogP contribution >= 0.6 is 12.0 Å². The van der Waals surface area contributed by atoms with Gasteiger partial charge in [0.15, 0.2) is 5.71 Å². The van der Waals surface area contributed by atoms with Crippen molar-refractivity contribution in [2.45, 2.75) is 64.8 Å². The van der Waals surface area contributed by atoms with Crippen LogP contribution in [0.5, 0.6) is 0 Å². The number of para-hydroxylation sites is 2. The van der Waals surface area contributed by atoms with Crippen LogP contribution in [0.1, 0.15) is 58.6 Å². The molecule has 3 aromatic carbocycles. The fraction of sp³-hybridized carbons (Fsp3) is 0.333. The lowest BCUT2D eigenvalue weighted by Gasteiger charge is -2.26. The lowest BCUT2D eigenvalue weighted by atomic mass is 9.79. The van der Waals surface area contributed by atoms with E-state index in [2.05, 4.69) is 140 Å². The number of rotatable bonds is 11. The number of nitrogens with zero attached hydrogens (tertiary/aromatic N) is 3. The number of anilines is 1. The molecule has 2 aliphatic heterocycles. The van der Waals surface area contributed by atoms with Gasteiger partial charge >= 0.3 is 0 Å². The van der Waals surface area contributed by atoms with Crippen LogP contribution in [-0.2, 0) is 22.2 Å². The number of hydrogen-bond acceptors (Lipinski definition) is 4. The minimum absolute atomic E-state index is 0.151. The molecule has 45 heavy (non-hydrogen) atoms. The summed E-state index contributed by atoms with van der Waals surface area (Å²) in [6, 6.07) is 21.9. The Morgan fingerprint density at radius 2 is 1.69 bits per heavy atom. The topological polar surface area (TPSA) is 48.5 Å².